The minimum atomic E-state index is -0.801. The smallest absolute Gasteiger partial charge is 0.269 e. The summed E-state index contributed by atoms with van der Waals surface area (Å²) in [5, 5.41) is 20.2. The van der Waals surface area contributed by atoms with Gasteiger partial charge in [-0.2, -0.15) is 0 Å². The van der Waals surface area contributed by atoms with Crippen LogP contribution in [0.3, 0.4) is 0 Å². The number of nitro groups is 1. The number of nitrogens with zero attached hydrogens (tertiary/aromatic N) is 1. The van der Waals surface area contributed by atoms with Crippen LogP contribution in [0.4, 0.5) is 5.69 Å². The molecule has 94 valence electrons. The van der Waals surface area contributed by atoms with Crippen LogP contribution in [0.25, 0.3) is 0 Å². The third kappa shape index (κ3) is 3.72. The summed E-state index contributed by atoms with van der Waals surface area (Å²) in [4.78, 5) is 10.0. The van der Waals surface area contributed by atoms with E-state index in [2.05, 4.69) is 11.8 Å². The van der Waals surface area contributed by atoms with Crippen molar-refractivity contribution in [1.82, 2.24) is 0 Å². The van der Waals surface area contributed by atoms with Crippen molar-refractivity contribution in [2.24, 2.45) is 0 Å². The minimum absolute atomic E-state index is 0.0292. The van der Waals surface area contributed by atoms with Gasteiger partial charge in [-0.25, -0.2) is 0 Å². The quantitative estimate of drug-likeness (QED) is 0.377. The van der Waals surface area contributed by atoms with Crippen molar-refractivity contribution in [3.05, 3.63) is 51.1 Å². The molecule has 0 amide bonds. The van der Waals surface area contributed by atoms with Crippen molar-refractivity contribution < 1.29 is 10.0 Å². The Labute approximate surface area is 106 Å². The molecule has 0 aliphatic rings. The molecule has 0 aromatic heterocycles. The molecule has 0 saturated carbocycles. The maximum atomic E-state index is 10.5. The molecule has 1 rings (SSSR count). The lowest BCUT2D eigenvalue weighted by molar-refractivity contribution is -0.384. The van der Waals surface area contributed by atoms with Gasteiger partial charge in [0.2, 0.25) is 0 Å². The zero-order chi connectivity index (χ0) is 13.7. The molecular formula is C14H15NO3. The van der Waals surface area contributed by atoms with E-state index in [1.807, 2.05) is 20.8 Å². The van der Waals surface area contributed by atoms with Crippen molar-refractivity contribution in [2.75, 3.05) is 0 Å². The van der Waals surface area contributed by atoms with E-state index in [1.54, 1.807) is 12.1 Å². The molecule has 0 heterocycles. The van der Waals surface area contributed by atoms with Crippen LogP contribution in [0.1, 0.15) is 26.3 Å². The van der Waals surface area contributed by atoms with Gasteiger partial charge in [0.15, 0.2) is 0 Å². The van der Waals surface area contributed by atoms with Gasteiger partial charge in [0.1, 0.15) is 6.10 Å². The molecule has 1 aromatic rings. The van der Waals surface area contributed by atoms with Crippen molar-refractivity contribution >= 4 is 5.69 Å². The SMILES string of the molecule is CC(C)=C(C)C(O)C#Cc1ccc([N+](=O)[O-])cc1. The van der Waals surface area contributed by atoms with Crippen LogP contribution in [0.2, 0.25) is 0 Å². The summed E-state index contributed by atoms with van der Waals surface area (Å²) in [6.45, 7) is 5.64. The lowest BCUT2D eigenvalue weighted by atomic mass is 10.1. The predicted molar refractivity (Wildman–Crippen MR) is 70.0 cm³/mol. The summed E-state index contributed by atoms with van der Waals surface area (Å²) in [6.07, 6.45) is -0.801. The molecular weight excluding hydrogens is 230 g/mol. The third-order valence-corrected chi connectivity index (χ3v) is 2.63. The normalized spacial score (nSPS) is 11.1. The van der Waals surface area contributed by atoms with Gasteiger partial charge in [0, 0.05) is 17.7 Å². The molecule has 0 aliphatic carbocycles. The van der Waals surface area contributed by atoms with Gasteiger partial charge in [0.25, 0.3) is 5.69 Å². The number of benzene rings is 1. The first-order valence-electron chi connectivity index (χ1n) is 5.50. The first-order chi connectivity index (χ1) is 8.41. The van der Waals surface area contributed by atoms with E-state index in [1.165, 1.54) is 12.1 Å². The highest BCUT2D eigenvalue weighted by Crippen LogP contribution is 2.11. The van der Waals surface area contributed by atoms with Crippen molar-refractivity contribution in [3.8, 4) is 11.8 Å². The number of aliphatic hydroxyl groups excluding tert-OH is 1. The summed E-state index contributed by atoms with van der Waals surface area (Å²) in [6, 6.07) is 5.92. The molecule has 0 saturated heterocycles. The van der Waals surface area contributed by atoms with Crippen LogP contribution in [0, 0.1) is 22.0 Å². The summed E-state index contributed by atoms with van der Waals surface area (Å²) in [5.41, 5.74) is 2.52. The van der Waals surface area contributed by atoms with Crippen molar-refractivity contribution in [1.29, 1.82) is 0 Å². The van der Waals surface area contributed by atoms with Gasteiger partial charge >= 0.3 is 0 Å². The highest BCUT2D eigenvalue weighted by atomic mass is 16.6. The molecule has 4 nitrogen and oxygen atoms in total. The van der Waals surface area contributed by atoms with Crippen LogP contribution < -0.4 is 0 Å². The van der Waals surface area contributed by atoms with Crippen LogP contribution >= 0.6 is 0 Å². The Hall–Kier alpha value is -2.12. The molecule has 4 heteroatoms. The molecule has 1 unspecified atom stereocenters. The first-order valence-corrected chi connectivity index (χ1v) is 5.50. The second-order valence-corrected chi connectivity index (χ2v) is 4.16. The van der Waals surface area contributed by atoms with Crippen molar-refractivity contribution in [3.63, 3.8) is 0 Å². The van der Waals surface area contributed by atoms with E-state index < -0.39 is 11.0 Å². The van der Waals surface area contributed by atoms with Gasteiger partial charge in [0.05, 0.1) is 4.92 Å². The average Bonchev–Trinajstić information content (AvgIpc) is 2.35. The van der Waals surface area contributed by atoms with Gasteiger partial charge in [-0.1, -0.05) is 17.4 Å². The van der Waals surface area contributed by atoms with Gasteiger partial charge in [-0.3, -0.25) is 10.1 Å². The number of rotatable bonds is 2. The molecule has 0 radical (unpaired) electrons. The van der Waals surface area contributed by atoms with Gasteiger partial charge in [-0.15, -0.1) is 0 Å². The first kappa shape index (κ1) is 13.9. The Morgan fingerprint density at radius 1 is 1.28 bits per heavy atom. The maximum Gasteiger partial charge on any atom is 0.269 e. The summed E-state index contributed by atoms with van der Waals surface area (Å²) in [7, 11) is 0. The largest absolute Gasteiger partial charge is 0.376 e. The highest BCUT2D eigenvalue weighted by Gasteiger charge is 2.04. The van der Waals surface area contributed by atoms with E-state index in [0.717, 1.165) is 11.1 Å². The Bertz CT molecular complexity index is 528. The molecule has 0 aliphatic heterocycles. The average molecular weight is 245 g/mol. The standard InChI is InChI=1S/C14H15NO3/c1-10(2)11(3)14(16)9-6-12-4-7-13(8-5-12)15(17)18/h4-5,7-8,14,16H,1-3H3. The van der Waals surface area contributed by atoms with Crippen LogP contribution in [-0.2, 0) is 0 Å². The number of aliphatic hydroxyl groups is 1. The highest BCUT2D eigenvalue weighted by molar-refractivity contribution is 5.42. The third-order valence-electron chi connectivity index (χ3n) is 2.63. The zero-order valence-corrected chi connectivity index (χ0v) is 10.6. The van der Waals surface area contributed by atoms with E-state index in [4.69, 9.17) is 0 Å². The number of nitro benzene ring substituents is 1. The summed E-state index contributed by atoms with van der Waals surface area (Å²) < 4.78 is 0. The molecule has 1 aromatic carbocycles. The topological polar surface area (TPSA) is 63.4 Å². The Morgan fingerprint density at radius 3 is 2.28 bits per heavy atom. The fraction of sp³-hybridized carbons (Fsp3) is 0.286. The maximum absolute atomic E-state index is 10.5. The van der Waals surface area contributed by atoms with Crippen molar-refractivity contribution in [2.45, 2.75) is 26.9 Å². The number of hydrogen-bond donors (Lipinski definition) is 1. The van der Waals surface area contributed by atoms with Crippen LogP contribution in [-0.4, -0.2) is 16.1 Å². The van der Waals surface area contributed by atoms with E-state index >= 15 is 0 Å². The Kier molecular flexibility index (Phi) is 4.64. The summed E-state index contributed by atoms with van der Waals surface area (Å²) in [5.74, 6) is 5.50. The number of non-ortho nitro benzene ring substituents is 1. The monoisotopic (exact) mass is 245 g/mol. The van der Waals surface area contributed by atoms with Crippen LogP contribution in [0.5, 0.6) is 0 Å². The zero-order valence-electron chi connectivity index (χ0n) is 10.6. The second-order valence-electron chi connectivity index (χ2n) is 4.16. The summed E-state index contributed by atoms with van der Waals surface area (Å²) >= 11 is 0. The van der Waals surface area contributed by atoms with E-state index in [0.29, 0.717) is 5.56 Å². The lowest BCUT2D eigenvalue weighted by Crippen LogP contribution is -2.05. The second kappa shape index (κ2) is 5.99. The lowest BCUT2D eigenvalue weighted by Gasteiger charge is -2.05. The number of hydrogen-bond acceptors (Lipinski definition) is 3. The van der Waals surface area contributed by atoms with Crippen LogP contribution in [0.15, 0.2) is 35.4 Å². The van der Waals surface area contributed by atoms with E-state index in [9.17, 15) is 15.2 Å². The molecule has 1 N–H and O–H groups in total. The fourth-order valence-corrected chi connectivity index (χ4v) is 1.20. The number of allylic oxidation sites excluding steroid dienone is 1. The Morgan fingerprint density at radius 2 is 1.83 bits per heavy atom. The molecule has 0 fully saturated rings. The Balaban J connectivity index is 2.87. The van der Waals surface area contributed by atoms with Gasteiger partial charge < -0.3 is 5.11 Å². The minimum Gasteiger partial charge on any atom is -0.376 e. The van der Waals surface area contributed by atoms with E-state index in [-0.39, 0.29) is 5.69 Å². The predicted octanol–water partition coefficient (Wildman–Crippen LogP) is 2.66. The molecule has 1 atom stereocenters. The fourth-order valence-electron chi connectivity index (χ4n) is 1.20. The molecule has 0 spiro atoms. The molecule has 0 bridgehead atoms. The van der Waals surface area contributed by atoms with Gasteiger partial charge in [-0.05, 0) is 38.5 Å². The molecule has 18 heavy (non-hydrogen) atoms.